The van der Waals surface area contributed by atoms with E-state index in [1.165, 1.54) is 16.7 Å². The minimum Gasteiger partial charge on any atom is -0.497 e. The van der Waals surface area contributed by atoms with E-state index in [0.29, 0.717) is 0 Å². The predicted molar refractivity (Wildman–Crippen MR) is 82.8 cm³/mol. The quantitative estimate of drug-likeness (QED) is 0.917. The summed E-state index contributed by atoms with van der Waals surface area (Å²) < 4.78 is 6.45. The Morgan fingerprint density at radius 1 is 1.16 bits per heavy atom. The lowest BCUT2D eigenvalue weighted by atomic mass is 9.97. The molecule has 0 heterocycles. The van der Waals surface area contributed by atoms with Gasteiger partial charge in [0.15, 0.2) is 0 Å². The first kappa shape index (κ1) is 14.1. The van der Waals surface area contributed by atoms with E-state index in [4.69, 9.17) is 4.74 Å². The normalized spacial score (nSPS) is 12.2. The van der Waals surface area contributed by atoms with Crippen LogP contribution < -0.4 is 10.1 Å². The Bertz CT molecular complexity index is 568. The van der Waals surface area contributed by atoms with Gasteiger partial charge < -0.3 is 10.1 Å². The van der Waals surface area contributed by atoms with E-state index in [1.807, 2.05) is 19.2 Å². The maximum absolute atomic E-state index is 5.30. The largest absolute Gasteiger partial charge is 0.497 e. The van der Waals surface area contributed by atoms with Crippen LogP contribution in [-0.2, 0) is 0 Å². The van der Waals surface area contributed by atoms with Gasteiger partial charge >= 0.3 is 0 Å². The molecule has 1 unspecified atom stereocenters. The number of ether oxygens (including phenoxy) is 1. The standard InChI is InChI=1S/C16H18BrNO/c1-11-6-4-9-14(15(11)17)16(18-2)12-7-5-8-13(10-12)19-3/h4-10,16,18H,1-3H3. The molecule has 0 spiro atoms. The van der Waals surface area contributed by atoms with Crippen molar-refractivity contribution in [2.45, 2.75) is 13.0 Å². The maximum atomic E-state index is 5.30. The first-order valence-corrected chi connectivity index (χ1v) is 7.03. The summed E-state index contributed by atoms with van der Waals surface area (Å²) in [7, 11) is 3.66. The van der Waals surface area contributed by atoms with Gasteiger partial charge in [0.05, 0.1) is 13.2 Å². The Labute approximate surface area is 122 Å². The molecule has 0 radical (unpaired) electrons. The number of methoxy groups -OCH3 is 1. The second-order valence-electron chi connectivity index (χ2n) is 4.48. The molecule has 0 aliphatic carbocycles. The molecule has 1 atom stereocenters. The average Bonchev–Trinajstić information content (AvgIpc) is 2.44. The van der Waals surface area contributed by atoms with Gasteiger partial charge in [-0.25, -0.2) is 0 Å². The zero-order chi connectivity index (χ0) is 13.8. The van der Waals surface area contributed by atoms with Crippen molar-refractivity contribution in [3.8, 4) is 5.75 Å². The van der Waals surface area contributed by atoms with E-state index in [0.717, 1.165) is 10.2 Å². The number of rotatable bonds is 4. The van der Waals surface area contributed by atoms with Crippen molar-refractivity contribution < 1.29 is 4.74 Å². The summed E-state index contributed by atoms with van der Waals surface area (Å²) in [6.07, 6.45) is 0. The Morgan fingerprint density at radius 2 is 1.89 bits per heavy atom. The van der Waals surface area contributed by atoms with Crippen molar-refractivity contribution in [1.29, 1.82) is 0 Å². The molecule has 2 aromatic carbocycles. The fourth-order valence-electron chi connectivity index (χ4n) is 2.22. The van der Waals surface area contributed by atoms with Crippen LogP contribution in [0.2, 0.25) is 0 Å². The monoisotopic (exact) mass is 319 g/mol. The van der Waals surface area contributed by atoms with E-state index in [2.05, 4.69) is 58.5 Å². The molecule has 0 fully saturated rings. The molecule has 2 aromatic rings. The van der Waals surface area contributed by atoms with Gasteiger partial charge in [0.1, 0.15) is 5.75 Å². The molecule has 0 aliphatic heterocycles. The molecule has 19 heavy (non-hydrogen) atoms. The Hall–Kier alpha value is -1.32. The number of hydrogen-bond donors (Lipinski definition) is 1. The summed E-state index contributed by atoms with van der Waals surface area (Å²) in [5.74, 6) is 0.876. The van der Waals surface area contributed by atoms with Gasteiger partial charge in [-0.2, -0.15) is 0 Å². The van der Waals surface area contributed by atoms with E-state index >= 15 is 0 Å². The van der Waals surface area contributed by atoms with Crippen LogP contribution >= 0.6 is 15.9 Å². The summed E-state index contributed by atoms with van der Waals surface area (Å²) >= 11 is 3.68. The third-order valence-electron chi connectivity index (χ3n) is 3.25. The van der Waals surface area contributed by atoms with E-state index in [-0.39, 0.29) is 6.04 Å². The summed E-state index contributed by atoms with van der Waals surface area (Å²) in [4.78, 5) is 0. The highest BCUT2D eigenvalue weighted by Crippen LogP contribution is 2.31. The van der Waals surface area contributed by atoms with Gasteiger partial charge in [-0.15, -0.1) is 0 Å². The Kier molecular flexibility index (Phi) is 4.61. The van der Waals surface area contributed by atoms with Gasteiger partial charge in [0.2, 0.25) is 0 Å². The van der Waals surface area contributed by atoms with Gasteiger partial charge in [0.25, 0.3) is 0 Å². The highest BCUT2D eigenvalue weighted by atomic mass is 79.9. The van der Waals surface area contributed by atoms with Crippen molar-refractivity contribution >= 4 is 15.9 Å². The number of hydrogen-bond acceptors (Lipinski definition) is 2. The highest BCUT2D eigenvalue weighted by molar-refractivity contribution is 9.10. The fourth-order valence-corrected chi connectivity index (χ4v) is 2.71. The molecular weight excluding hydrogens is 302 g/mol. The van der Waals surface area contributed by atoms with Crippen LogP contribution in [0, 0.1) is 6.92 Å². The van der Waals surface area contributed by atoms with Crippen molar-refractivity contribution in [3.63, 3.8) is 0 Å². The number of benzene rings is 2. The van der Waals surface area contributed by atoms with Crippen molar-refractivity contribution in [3.05, 3.63) is 63.6 Å². The van der Waals surface area contributed by atoms with Crippen LogP contribution in [0.25, 0.3) is 0 Å². The molecule has 0 aromatic heterocycles. The molecule has 2 rings (SSSR count). The minimum absolute atomic E-state index is 0.143. The molecule has 0 saturated carbocycles. The molecule has 2 nitrogen and oxygen atoms in total. The smallest absolute Gasteiger partial charge is 0.119 e. The van der Waals surface area contributed by atoms with Crippen LogP contribution in [0.4, 0.5) is 0 Å². The SMILES string of the molecule is CNC(c1cccc(OC)c1)c1cccc(C)c1Br. The van der Waals surface area contributed by atoms with Gasteiger partial charge in [-0.1, -0.05) is 46.3 Å². The molecule has 0 aliphatic rings. The third-order valence-corrected chi connectivity index (χ3v) is 4.33. The molecule has 0 amide bonds. The maximum Gasteiger partial charge on any atom is 0.119 e. The van der Waals surface area contributed by atoms with Crippen molar-refractivity contribution in [2.24, 2.45) is 0 Å². The van der Waals surface area contributed by atoms with E-state index < -0.39 is 0 Å². The molecule has 0 saturated heterocycles. The lowest BCUT2D eigenvalue weighted by molar-refractivity contribution is 0.414. The topological polar surface area (TPSA) is 21.3 Å². The highest BCUT2D eigenvalue weighted by Gasteiger charge is 2.16. The zero-order valence-electron chi connectivity index (χ0n) is 11.4. The van der Waals surface area contributed by atoms with Crippen LogP contribution in [0.15, 0.2) is 46.9 Å². The van der Waals surface area contributed by atoms with Crippen LogP contribution in [0.5, 0.6) is 5.75 Å². The molecule has 100 valence electrons. The Morgan fingerprint density at radius 3 is 2.58 bits per heavy atom. The average molecular weight is 320 g/mol. The molecule has 1 N–H and O–H groups in total. The summed E-state index contributed by atoms with van der Waals surface area (Å²) in [5, 5.41) is 3.37. The number of aryl methyl sites for hydroxylation is 1. The first-order valence-electron chi connectivity index (χ1n) is 6.23. The van der Waals surface area contributed by atoms with Crippen LogP contribution in [-0.4, -0.2) is 14.2 Å². The molecular formula is C16H18BrNO. The fraction of sp³-hybridized carbons (Fsp3) is 0.250. The summed E-state index contributed by atoms with van der Waals surface area (Å²) in [5.41, 5.74) is 3.66. The van der Waals surface area contributed by atoms with Crippen LogP contribution in [0.1, 0.15) is 22.7 Å². The zero-order valence-corrected chi connectivity index (χ0v) is 13.0. The summed E-state index contributed by atoms with van der Waals surface area (Å²) in [6.45, 7) is 2.10. The minimum atomic E-state index is 0.143. The lowest BCUT2D eigenvalue weighted by Gasteiger charge is -2.20. The lowest BCUT2D eigenvalue weighted by Crippen LogP contribution is -2.18. The predicted octanol–water partition coefficient (Wildman–Crippen LogP) is 4.07. The van der Waals surface area contributed by atoms with E-state index in [1.54, 1.807) is 7.11 Å². The Balaban J connectivity index is 2.46. The molecule has 0 bridgehead atoms. The molecule has 3 heteroatoms. The third kappa shape index (κ3) is 2.99. The van der Waals surface area contributed by atoms with Gasteiger partial charge in [-0.3, -0.25) is 0 Å². The van der Waals surface area contributed by atoms with Crippen molar-refractivity contribution in [1.82, 2.24) is 5.32 Å². The summed E-state index contributed by atoms with van der Waals surface area (Å²) in [6, 6.07) is 14.6. The first-order chi connectivity index (χ1) is 9.17. The second kappa shape index (κ2) is 6.22. The van der Waals surface area contributed by atoms with Gasteiger partial charge in [0, 0.05) is 4.47 Å². The van der Waals surface area contributed by atoms with Gasteiger partial charge in [-0.05, 0) is 42.8 Å². The van der Waals surface area contributed by atoms with Crippen LogP contribution in [0.3, 0.4) is 0 Å². The van der Waals surface area contributed by atoms with Crippen molar-refractivity contribution in [2.75, 3.05) is 14.2 Å². The second-order valence-corrected chi connectivity index (χ2v) is 5.27. The number of halogens is 1. The van der Waals surface area contributed by atoms with E-state index in [9.17, 15) is 0 Å². The number of nitrogens with one attached hydrogen (secondary N) is 1.